The first-order valence-corrected chi connectivity index (χ1v) is 9.07. The normalized spacial score (nSPS) is 11.3. The summed E-state index contributed by atoms with van der Waals surface area (Å²) in [7, 11) is -2.27. The molecule has 1 aromatic heterocycles. The molecule has 0 aliphatic rings. The van der Waals surface area contributed by atoms with E-state index in [0.717, 1.165) is 22.5 Å². The Bertz CT molecular complexity index is 839. The SMILES string of the molecule is C=Cc1ccc(CC(=O)N(C)c2nc(C)c(S(N)(=O)=O)s2)cc1. The molecule has 23 heavy (non-hydrogen) atoms. The first-order chi connectivity index (χ1) is 10.7. The summed E-state index contributed by atoms with van der Waals surface area (Å²) in [4.78, 5) is 17.8. The minimum Gasteiger partial charge on any atom is -0.291 e. The van der Waals surface area contributed by atoms with E-state index in [4.69, 9.17) is 5.14 Å². The number of amides is 1. The van der Waals surface area contributed by atoms with E-state index in [9.17, 15) is 13.2 Å². The number of carbonyl (C=O) groups excluding carboxylic acids is 1. The number of aromatic nitrogens is 1. The summed E-state index contributed by atoms with van der Waals surface area (Å²) < 4.78 is 22.9. The third-order valence-corrected chi connectivity index (χ3v) is 6.02. The van der Waals surface area contributed by atoms with Gasteiger partial charge in [-0.25, -0.2) is 18.5 Å². The molecule has 2 N–H and O–H groups in total. The van der Waals surface area contributed by atoms with E-state index < -0.39 is 10.0 Å². The van der Waals surface area contributed by atoms with Crippen molar-refractivity contribution >= 4 is 38.5 Å². The van der Waals surface area contributed by atoms with E-state index in [0.29, 0.717) is 10.8 Å². The van der Waals surface area contributed by atoms with Crippen LogP contribution >= 0.6 is 11.3 Å². The lowest BCUT2D eigenvalue weighted by molar-refractivity contribution is -0.117. The van der Waals surface area contributed by atoms with E-state index in [2.05, 4.69) is 11.6 Å². The van der Waals surface area contributed by atoms with Gasteiger partial charge in [-0.15, -0.1) is 0 Å². The van der Waals surface area contributed by atoms with Crippen LogP contribution in [-0.2, 0) is 21.2 Å². The maximum atomic E-state index is 12.3. The van der Waals surface area contributed by atoms with Crippen LogP contribution in [0.25, 0.3) is 6.08 Å². The molecule has 0 aliphatic carbocycles. The van der Waals surface area contributed by atoms with E-state index in [1.165, 1.54) is 4.90 Å². The molecule has 0 spiro atoms. The summed E-state index contributed by atoms with van der Waals surface area (Å²) in [5.74, 6) is -0.189. The van der Waals surface area contributed by atoms with Crippen LogP contribution in [0.5, 0.6) is 0 Å². The number of carbonyl (C=O) groups is 1. The number of hydrogen-bond donors (Lipinski definition) is 1. The average Bonchev–Trinajstić information content (AvgIpc) is 2.89. The zero-order valence-corrected chi connectivity index (χ0v) is 14.4. The van der Waals surface area contributed by atoms with Gasteiger partial charge < -0.3 is 0 Å². The first kappa shape index (κ1) is 17.3. The third kappa shape index (κ3) is 4.04. The third-order valence-electron chi connectivity index (χ3n) is 3.23. The van der Waals surface area contributed by atoms with Gasteiger partial charge in [-0.1, -0.05) is 48.3 Å². The number of aryl methyl sites for hydroxylation is 1. The highest BCUT2D eigenvalue weighted by Crippen LogP contribution is 2.28. The van der Waals surface area contributed by atoms with Gasteiger partial charge in [-0.05, 0) is 18.1 Å². The molecule has 0 bridgehead atoms. The number of thiazole rings is 1. The van der Waals surface area contributed by atoms with Crippen molar-refractivity contribution in [3.05, 3.63) is 47.7 Å². The number of hydrogen-bond acceptors (Lipinski definition) is 5. The predicted molar refractivity (Wildman–Crippen MR) is 91.9 cm³/mol. The topological polar surface area (TPSA) is 93.4 Å². The molecule has 0 unspecified atom stereocenters. The summed E-state index contributed by atoms with van der Waals surface area (Å²) in [5, 5.41) is 5.43. The van der Waals surface area contributed by atoms with E-state index in [1.54, 1.807) is 20.0 Å². The van der Waals surface area contributed by atoms with E-state index >= 15 is 0 Å². The van der Waals surface area contributed by atoms with Crippen LogP contribution in [-0.4, -0.2) is 26.4 Å². The molecule has 0 aliphatic heterocycles. The number of likely N-dealkylation sites (N-methyl/N-ethyl adjacent to an activating group) is 1. The number of anilines is 1. The molecule has 0 fully saturated rings. The number of nitrogens with two attached hydrogens (primary N) is 1. The second kappa shape index (κ2) is 6.61. The number of benzene rings is 1. The lowest BCUT2D eigenvalue weighted by Gasteiger charge is -2.13. The minimum absolute atomic E-state index is 0.0255. The van der Waals surface area contributed by atoms with Gasteiger partial charge >= 0.3 is 0 Å². The molecule has 2 rings (SSSR count). The zero-order valence-electron chi connectivity index (χ0n) is 12.8. The molecule has 1 aromatic carbocycles. The molecule has 0 radical (unpaired) electrons. The molecule has 0 atom stereocenters. The smallest absolute Gasteiger partial charge is 0.249 e. The highest BCUT2D eigenvalue weighted by molar-refractivity contribution is 7.91. The Hall–Kier alpha value is -2.03. The zero-order chi connectivity index (χ0) is 17.2. The van der Waals surface area contributed by atoms with Crippen molar-refractivity contribution in [2.75, 3.05) is 11.9 Å². The fourth-order valence-corrected chi connectivity index (χ4v) is 3.87. The van der Waals surface area contributed by atoms with Crippen LogP contribution in [0.1, 0.15) is 16.8 Å². The van der Waals surface area contributed by atoms with E-state index in [-0.39, 0.29) is 16.5 Å². The lowest BCUT2D eigenvalue weighted by atomic mass is 10.1. The van der Waals surface area contributed by atoms with Crippen molar-refractivity contribution in [1.82, 2.24) is 4.98 Å². The summed E-state index contributed by atoms with van der Waals surface area (Å²) >= 11 is 0.887. The van der Waals surface area contributed by atoms with Gasteiger partial charge in [-0.2, -0.15) is 0 Å². The molecule has 1 amide bonds. The van der Waals surface area contributed by atoms with Crippen molar-refractivity contribution in [3.63, 3.8) is 0 Å². The molecule has 8 heteroatoms. The second-order valence-corrected chi connectivity index (χ2v) is 7.72. The molecule has 1 heterocycles. The maximum Gasteiger partial charge on any atom is 0.249 e. The van der Waals surface area contributed by atoms with E-state index in [1.807, 2.05) is 24.3 Å². The fourth-order valence-electron chi connectivity index (χ4n) is 1.95. The summed E-state index contributed by atoms with van der Waals surface area (Å²) in [6.45, 7) is 5.23. The van der Waals surface area contributed by atoms with Crippen molar-refractivity contribution in [2.24, 2.45) is 5.14 Å². The second-order valence-electron chi connectivity index (χ2n) is 4.99. The average molecular weight is 351 g/mol. The van der Waals surface area contributed by atoms with Gasteiger partial charge in [0, 0.05) is 7.05 Å². The monoisotopic (exact) mass is 351 g/mol. The van der Waals surface area contributed by atoms with Crippen molar-refractivity contribution in [1.29, 1.82) is 0 Å². The Morgan fingerprint density at radius 2 is 2.00 bits per heavy atom. The lowest BCUT2D eigenvalue weighted by Crippen LogP contribution is -2.27. The van der Waals surface area contributed by atoms with Gasteiger partial charge in [0.05, 0.1) is 12.1 Å². The number of nitrogens with zero attached hydrogens (tertiary/aromatic N) is 2. The minimum atomic E-state index is -3.83. The summed E-state index contributed by atoms with van der Waals surface area (Å²) in [6, 6.07) is 7.46. The maximum absolute atomic E-state index is 12.3. The molecule has 122 valence electrons. The Kier molecular flexibility index (Phi) is 4.98. The largest absolute Gasteiger partial charge is 0.291 e. The molecule has 0 saturated carbocycles. The van der Waals surface area contributed by atoms with Gasteiger partial charge in [0.2, 0.25) is 15.9 Å². The van der Waals surface area contributed by atoms with Crippen LogP contribution in [0.3, 0.4) is 0 Å². The Morgan fingerprint density at radius 1 is 1.39 bits per heavy atom. The highest BCUT2D eigenvalue weighted by atomic mass is 32.2. The molecule has 0 saturated heterocycles. The quantitative estimate of drug-likeness (QED) is 0.891. The van der Waals surface area contributed by atoms with Gasteiger partial charge in [-0.3, -0.25) is 9.69 Å². The van der Waals surface area contributed by atoms with Crippen LogP contribution < -0.4 is 10.0 Å². The number of sulfonamides is 1. The first-order valence-electron chi connectivity index (χ1n) is 6.70. The van der Waals surface area contributed by atoms with Crippen molar-refractivity contribution in [2.45, 2.75) is 17.6 Å². The Balaban J connectivity index is 2.17. The summed E-state index contributed by atoms with van der Waals surface area (Å²) in [5.41, 5.74) is 2.12. The Labute approximate surface area is 139 Å². The van der Waals surface area contributed by atoms with Crippen LogP contribution in [0, 0.1) is 6.92 Å². The molecular formula is C15H17N3O3S2. The van der Waals surface area contributed by atoms with Crippen LogP contribution in [0.4, 0.5) is 5.13 Å². The Morgan fingerprint density at radius 3 is 2.48 bits per heavy atom. The van der Waals surface area contributed by atoms with Crippen molar-refractivity contribution < 1.29 is 13.2 Å². The fraction of sp³-hybridized carbons (Fsp3) is 0.200. The predicted octanol–water partition coefficient (Wildman–Crippen LogP) is 1.95. The van der Waals surface area contributed by atoms with Gasteiger partial charge in [0.15, 0.2) is 9.34 Å². The van der Waals surface area contributed by atoms with Crippen LogP contribution in [0.15, 0.2) is 35.1 Å². The molecule has 6 nitrogen and oxygen atoms in total. The highest BCUT2D eigenvalue weighted by Gasteiger charge is 2.22. The van der Waals surface area contributed by atoms with Gasteiger partial charge in [0.1, 0.15) is 0 Å². The molecular weight excluding hydrogens is 334 g/mol. The number of rotatable bonds is 5. The standard InChI is InChI=1S/C15H17N3O3S2/c1-4-11-5-7-12(8-6-11)9-13(19)18(3)15-17-10(2)14(22-15)23(16,20)21/h4-8H,1,9H2,2-3H3,(H2,16,20,21). The van der Waals surface area contributed by atoms with Crippen LogP contribution in [0.2, 0.25) is 0 Å². The van der Waals surface area contributed by atoms with Gasteiger partial charge in [0.25, 0.3) is 0 Å². The summed E-state index contributed by atoms with van der Waals surface area (Å²) in [6.07, 6.45) is 1.92. The molecule has 2 aromatic rings. The number of primary sulfonamides is 1. The van der Waals surface area contributed by atoms with Crippen molar-refractivity contribution in [3.8, 4) is 0 Å².